The highest BCUT2D eigenvalue weighted by Crippen LogP contribution is 2.23. The van der Waals surface area contributed by atoms with Crippen molar-refractivity contribution in [3.8, 4) is 5.88 Å². The standard InChI is InChI=1S/C15H21N5O/c1-11(2)21-15-12(6-5-8-16-15)17-10-14-19-18-13-7-3-4-9-20(13)14/h5-6,8,11,17H,3-4,7,9-10H2,1-2H3. The Bertz CT molecular complexity index is 608. The molecule has 3 rings (SSSR count). The predicted octanol–water partition coefficient (Wildman–Crippen LogP) is 2.41. The van der Waals surface area contributed by atoms with Crippen LogP contribution in [-0.2, 0) is 19.5 Å². The van der Waals surface area contributed by atoms with E-state index in [1.165, 1.54) is 12.8 Å². The van der Waals surface area contributed by atoms with Crippen LogP contribution in [0.5, 0.6) is 5.88 Å². The van der Waals surface area contributed by atoms with Crippen molar-refractivity contribution in [1.82, 2.24) is 19.7 Å². The lowest BCUT2D eigenvalue weighted by molar-refractivity contribution is 0.234. The maximum atomic E-state index is 5.71. The number of pyridine rings is 1. The molecular weight excluding hydrogens is 266 g/mol. The SMILES string of the molecule is CC(C)Oc1ncccc1NCc1nnc2n1CCCC2. The van der Waals surface area contributed by atoms with Crippen molar-refractivity contribution in [3.63, 3.8) is 0 Å². The summed E-state index contributed by atoms with van der Waals surface area (Å²) in [7, 11) is 0. The number of nitrogens with zero attached hydrogens (tertiary/aromatic N) is 4. The van der Waals surface area contributed by atoms with E-state index in [4.69, 9.17) is 4.74 Å². The van der Waals surface area contributed by atoms with E-state index in [-0.39, 0.29) is 6.10 Å². The maximum Gasteiger partial charge on any atom is 0.237 e. The second kappa shape index (κ2) is 6.11. The van der Waals surface area contributed by atoms with Gasteiger partial charge in [0.2, 0.25) is 5.88 Å². The number of aryl methyl sites for hydroxylation is 1. The van der Waals surface area contributed by atoms with E-state index in [1.807, 2.05) is 26.0 Å². The Morgan fingerprint density at radius 1 is 1.33 bits per heavy atom. The number of fused-ring (bicyclic) bond motifs is 1. The van der Waals surface area contributed by atoms with Gasteiger partial charge in [0.25, 0.3) is 0 Å². The Labute approximate surface area is 124 Å². The third kappa shape index (κ3) is 3.15. The third-order valence-electron chi connectivity index (χ3n) is 3.49. The van der Waals surface area contributed by atoms with E-state index in [9.17, 15) is 0 Å². The molecule has 112 valence electrons. The first-order valence-corrected chi connectivity index (χ1v) is 7.50. The Morgan fingerprint density at radius 2 is 2.24 bits per heavy atom. The fraction of sp³-hybridized carbons (Fsp3) is 0.533. The zero-order valence-corrected chi connectivity index (χ0v) is 12.5. The number of ether oxygens (including phenoxy) is 1. The first-order chi connectivity index (χ1) is 10.2. The first-order valence-electron chi connectivity index (χ1n) is 7.50. The lowest BCUT2D eigenvalue weighted by Gasteiger charge is -2.16. The molecule has 1 N–H and O–H groups in total. The fourth-order valence-corrected chi connectivity index (χ4v) is 2.52. The Balaban J connectivity index is 1.72. The van der Waals surface area contributed by atoms with Crippen molar-refractivity contribution in [2.75, 3.05) is 5.32 Å². The van der Waals surface area contributed by atoms with E-state index >= 15 is 0 Å². The normalized spacial score (nSPS) is 14.0. The molecule has 0 amide bonds. The summed E-state index contributed by atoms with van der Waals surface area (Å²) in [6.45, 7) is 5.63. The molecular formula is C15H21N5O. The lowest BCUT2D eigenvalue weighted by Crippen LogP contribution is -2.16. The van der Waals surface area contributed by atoms with Gasteiger partial charge in [-0.25, -0.2) is 4.98 Å². The zero-order valence-electron chi connectivity index (χ0n) is 12.5. The van der Waals surface area contributed by atoms with Gasteiger partial charge in [0.1, 0.15) is 5.82 Å². The zero-order chi connectivity index (χ0) is 14.7. The summed E-state index contributed by atoms with van der Waals surface area (Å²) in [4.78, 5) is 4.28. The molecule has 0 unspecified atom stereocenters. The van der Waals surface area contributed by atoms with Gasteiger partial charge in [-0.2, -0.15) is 0 Å². The number of aromatic nitrogens is 4. The van der Waals surface area contributed by atoms with Gasteiger partial charge < -0.3 is 14.6 Å². The number of anilines is 1. The topological polar surface area (TPSA) is 64.9 Å². The van der Waals surface area contributed by atoms with Crippen molar-refractivity contribution in [3.05, 3.63) is 30.0 Å². The van der Waals surface area contributed by atoms with Crippen molar-refractivity contribution in [1.29, 1.82) is 0 Å². The maximum absolute atomic E-state index is 5.71. The van der Waals surface area contributed by atoms with Crippen molar-refractivity contribution in [2.45, 2.75) is 52.3 Å². The van der Waals surface area contributed by atoms with Gasteiger partial charge in [0.05, 0.1) is 18.3 Å². The minimum atomic E-state index is 0.0984. The summed E-state index contributed by atoms with van der Waals surface area (Å²) in [6, 6.07) is 3.87. The number of rotatable bonds is 5. The third-order valence-corrected chi connectivity index (χ3v) is 3.49. The first kappa shape index (κ1) is 13.9. The van der Waals surface area contributed by atoms with Crippen LogP contribution in [0, 0.1) is 0 Å². The smallest absolute Gasteiger partial charge is 0.237 e. The number of hydrogen-bond acceptors (Lipinski definition) is 5. The van der Waals surface area contributed by atoms with Crippen LogP contribution in [0.2, 0.25) is 0 Å². The van der Waals surface area contributed by atoms with Gasteiger partial charge in [-0.1, -0.05) is 0 Å². The van der Waals surface area contributed by atoms with E-state index in [0.29, 0.717) is 12.4 Å². The van der Waals surface area contributed by atoms with Crippen LogP contribution in [0.4, 0.5) is 5.69 Å². The van der Waals surface area contributed by atoms with Gasteiger partial charge >= 0.3 is 0 Å². The summed E-state index contributed by atoms with van der Waals surface area (Å²) < 4.78 is 7.93. The minimum Gasteiger partial charge on any atom is -0.473 e. The summed E-state index contributed by atoms with van der Waals surface area (Å²) in [5.41, 5.74) is 0.888. The second-order valence-electron chi connectivity index (χ2n) is 5.52. The van der Waals surface area contributed by atoms with Crippen molar-refractivity contribution in [2.24, 2.45) is 0 Å². The fourth-order valence-electron chi connectivity index (χ4n) is 2.52. The van der Waals surface area contributed by atoms with Gasteiger partial charge in [-0.3, -0.25) is 0 Å². The summed E-state index contributed by atoms with van der Waals surface area (Å²) in [5, 5.41) is 11.9. The van der Waals surface area contributed by atoms with Crippen LogP contribution in [0.3, 0.4) is 0 Å². The van der Waals surface area contributed by atoms with E-state index in [2.05, 4.69) is 25.1 Å². The quantitative estimate of drug-likeness (QED) is 0.915. The summed E-state index contributed by atoms with van der Waals surface area (Å²) in [6.07, 6.45) is 5.28. The van der Waals surface area contributed by atoms with Gasteiger partial charge in [-0.15, -0.1) is 10.2 Å². The molecule has 0 spiro atoms. The van der Waals surface area contributed by atoms with Crippen LogP contribution in [0.1, 0.15) is 38.3 Å². The van der Waals surface area contributed by atoms with Gasteiger partial charge in [0.15, 0.2) is 5.82 Å². The molecule has 0 aromatic carbocycles. The highest BCUT2D eigenvalue weighted by atomic mass is 16.5. The molecule has 0 bridgehead atoms. The number of nitrogens with one attached hydrogen (secondary N) is 1. The van der Waals surface area contributed by atoms with Crippen LogP contribution in [0.25, 0.3) is 0 Å². The lowest BCUT2D eigenvalue weighted by atomic mass is 10.2. The highest BCUT2D eigenvalue weighted by Gasteiger charge is 2.16. The predicted molar refractivity (Wildman–Crippen MR) is 80.3 cm³/mol. The summed E-state index contributed by atoms with van der Waals surface area (Å²) >= 11 is 0. The molecule has 2 aromatic rings. The van der Waals surface area contributed by atoms with Crippen LogP contribution in [0.15, 0.2) is 18.3 Å². The molecule has 1 aliphatic heterocycles. The van der Waals surface area contributed by atoms with Gasteiger partial charge in [0, 0.05) is 19.2 Å². The van der Waals surface area contributed by atoms with E-state index in [0.717, 1.165) is 30.3 Å². The Kier molecular flexibility index (Phi) is 4.03. The molecule has 0 radical (unpaired) electrons. The largest absolute Gasteiger partial charge is 0.473 e. The van der Waals surface area contributed by atoms with E-state index < -0.39 is 0 Å². The monoisotopic (exact) mass is 287 g/mol. The number of hydrogen-bond donors (Lipinski definition) is 1. The van der Waals surface area contributed by atoms with Crippen molar-refractivity contribution < 1.29 is 4.74 Å². The molecule has 0 aliphatic carbocycles. The molecule has 2 aromatic heterocycles. The highest BCUT2D eigenvalue weighted by molar-refractivity contribution is 5.52. The average Bonchev–Trinajstić information content (AvgIpc) is 2.89. The Hall–Kier alpha value is -2.11. The molecule has 0 saturated carbocycles. The molecule has 0 atom stereocenters. The molecule has 0 saturated heterocycles. The molecule has 3 heterocycles. The second-order valence-corrected chi connectivity index (χ2v) is 5.52. The minimum absolute atomic E-state index is 0.0984. The molecule has 6 heteroatoms. The molecule has 6 nitrogen and oxygen atoms in total. The molecule has 21 heavy (non-hydrogen) atoms. The molecule has 1 aliphatic rings. The summed E-state index contributed by atoms with van der Waals surface area (Å²) in [5.74, 6) is 2.71. The van der Waals surface area contributed by atoms with Gasteiger partial charge in [-0.05, 0) is 38.8 Å². The van der Waals surface area contributed by atoms with Crippen LogP contribution < -0.4 is 10.1 Å². The molecule has 0 fully saturated rings. The van der Waals surface area contributed by atoms with E-state index in [1.54, 1.807) is 6.20 Å². The van der Waals surface area contributed by atoms with Crippen LogP contribution in [-0.4, -0.2) is 25.9 Å². The van der Waals surface area contributed by atoms with Crippen LogP contribution >= 0.6 is 0 Å². The average molecular weight is 287 g/mol. The Morgan fingerprint density at radius 3 is 3.10 bits per heavy atom. The van der Waals surface area contributed by atoms with Crippen molar-refractivity contribution >= 4 is 5.69 Å².